The minimum Gasteiger partial charge on any atom is -0.329 e. The van der Waals surface area contributed by atoms with E-state index in [0.29, 0.717) is 46.3 Å². The fraction of sp³-hybridized carbons (Fsp3) is 0.143. The number of carbonyl (C=O) groups is 1. The van der Waals surface area contributed by atoms with Crippen molar-refractivity contribution in [2.24, 2.45) is 0 Å². The van der Waals surface area contributed by atoms with E-state index in [1.54, 1.807) is 12.1 Å². The van der Waals surface area contributed by atoms with Crippen LogP contribution in [0.3, 0.4) is 0 Å². The van der Waals surface area contributed by atoms with E-state index >= 15 is 0 Å². The number of amides is 1. The maximum atomic E-state index is 14.5. The molecule has 0 saturated heterocycles. The Hall–Kier alpha value is -3.61. The summed E-state index contributed by atoms with van der Waals surface area (Å²) in [4.78, 5) is 29.8. The molecule has 1 atom stereocenters. The zero-order valence-corrected chi connectivity index (χ0v) is 20.7. The van der Waals surface area contributed by atoms with Crippen LogP contribution in [0.1, 0.15) is 24.0 Å². The molecular formula is C28H20Cl2FN3O2. The van der Waals surface area contributed by atoms with Gasteiger partial charge in [0.1, 0.15) is 11.6 Å². The van der Waals surface area contributed by atoms with Crippen LogP contribution in [-0.4, -0.2) is 17.0 Å². The number of hydrogen-bond acceptors (Lipinski definition) is 3. The minimum atomic E-state index is -0.669. The lowest BCUT2D eigenvalue weighted by atomic mass is 9.80. The number of aromatic nitrogens is 1. The number of nitrogens with one attached hydrogen (secondary N) is 1. The summed E-state index contributed by atoms with van der Waals surface area (Å²) >= 11 is 12.3. The molecular weight excluding hydrogens is 500 g/mol. The fourth-order valence-corrected chi connectivity index (χ4v) is 5.64. The molecule has 180 valence electrons. The molecule has 3 aromatic carbocycles. The molecule has 2 aliphatic heterocycles. The first-order valence-corrected chi connectivity index (χ1v) is 12.3. The lowest BCUT2D eigenvalue weighted by Gasteiger charge is -2.35. The molecule has 1 N–H and O–H groups in total. The first-order valence-electron chi connectivity index (χ1n) is 11.5. The number of benzene rings is 3. The van der Waals surface area contributed by atoms with Gasteiger partial charge < -0.3 is 14.8 Å². The predicted octanol–water partition coefficient (Wildman–Crippen LogP) is 6.33. The van der Waals surface area contributed by atoms with Crippen molar-refractivity contribution in [3.63, 3.8) is 0 Å². The van der Waals surface area contributed by atoms with Crippen molar-refractivity contribution in [2.45, 2.75) is 19.4 Å². The summed E-state index contributed by atoms with van der Waals surface area (Å²) in [6.45, 7) is 3.04. The zero-order chi connectivity index (χ0) is 25.1. The van der Waals surface area contributed by atoms with Gasteiger partial charge in [0.15, 0.2) is 5.43 Å². The van der Waals surface area contributed by atoms with E-state index in [4.69, 9.17) is 23.2 Å². The van der Waals surface area contributed by atoms with Crippen LogP contribution in [0.15, 0.2) is 82.8 Å². The van der Waals surface area contributed by atoms with Gasteiger partial charge in [0.25, 0.3) is 5.91 Å². The zero-order valence-electron chi connectivity index (χ0n) is 19.2. The highest BCUT2D eigenvalue weighted by molar-refractivity contribution is 6.31. The van der Waals surface area contributed by atoms with Gasteiger partial charge >= 0.3 is 0 Å². The topological polar surface area (TPSA) is 54.3 Å². The molecule has 0 bridgehead atoms. The molecule has 6 rings (SSSR count). The largest absolute Gasteiger partial charge is 0.329 e. The first-order chi connectivity index (χ1) is 17.3. The highest BCUT2D eigenvalue weighted by atomic mass is 35.5. The lowest BCUT2D eigenvalue weighted by Crippen LogP contribution is -2.36. The van der Waals surface area contributed by atoms with Crippen molar-refractivity contribution in [3.8, 4) is 0 Å². The van der Waals surface area contributed by atoms with E-state index in [2.05, 4.69) is 5.32 Å². The lowest BCUT2D eigenvalue weighted by molar-refractivity contribution is -0.113. The average Bonchev–Trinajstić information content (AvgIpc) is 3.31. The molecule has 2 aliphatic rings. The third kappa shape index (κ3) is 3.44. The molecule has 4 aromatic rings. The molecule has 1 aromatic heterocycles. The number of hydrogen-bond donors (Lipinski definition) is 1. The van der Waals surface area contributed by atoms with Crippen LogP contribution in [0, 0.1) is 5.82 Å². The number of carbonyl (C=O) groups excluding carboxylic acids is 1. The Morgan fingerprint density at radius 2 is 1.75 bits per heavy atom. The van der Waals surface area contributed by atoms with Crippen molar-refractivity contribution < 1.29 is 9.18 Å². The Balaban J connectivity index is 1.64. The number of pyridine rings is 1. The van der Waals surface area contributed by atoms with Gasteiger partial charge in [-0.3, -0.25) is 9.59 Å². The quantitative estimate of drug-likeness (QED) is 0.344. The molecule has 0 spiro atoms. The summed E-state index contributed by atoms with van der Waals surface area (Å²) < 4.78 is 16.5. The monoisotopic (exact) mass is 519 g/mol. The number of allylic oxidation sites excluding steroid dienone is 1. The molecule has 1 unspecified atom stereocenters. The summed E-state index contributed by atoms with van der Waals surface area (Å²) in [6.07, 6.45) is 0. The van der Waals surface area contributed by atoms with E-state index < -0.39 is 11.7 Å². The molecule has 0 radical (unpaired) electrons. The maximum absolute atomic E-state index is 14.5. The van der Waals surface area contributed by atoms with Crippen molar-refractivity contribution in [3.05, 3.63) is 115 Å². The van der Waals surface area contributed by atoms with Crippen molar-refractivity contribution in [1.82, 2.24) is 4.57 Å². The van der Waals surface area contributed by atoms with Crippen LogP contribution in [0.4, 0.5) is 15.9 Å². The molecule has 0 fully saturated rings. The molecule has 5 nitrogen and oxygen atoms in total. The third-order valence-corrected chi connectivity index (χ3v) is 7.51. The molecule has 3 heterocycles. The first kappa shape index (κ1) is 22.8. The van der Waals surface area contributed by atoms with Crippen molar-refractivity contribution in [2.75, 3.05) is 16.8 Å². The Bertz CT molecular complexity index is 1650. The summed E-state index contributed by atoms with van der Waals surface area (Å²) in [6, 6.07) is 19.0. The van der Waals surface area contributed by atoms with Gasteiger partial charge in [0.05, 0.1) is 16.1 Å². The summed E-state index contributed by atoms with van der Waals surface area (Å²) in [7, 11) is 0. The third-order valence-electron chi connectivity index (χ3n) is 6.97. The van der Waals surface area contributed by atoms with Crippen LogP contribution in [0.5, 0.6) is 0 Å². The highest BCUT2D eigenvalue weighted by Gasteiger charge is 2.41. The predicted molar refractivity (Wildman–Crippen MR) is 142 cm³/mol. The van der Waals surface area contributed by atoms with E-state index in [1.807, 2.05) is 58.9 Å². The van der Waals surface area contributed by atoms with Gasteiger partial charge in [-0.1, -0.05) is 53.5 Å². The number of fused-ring (bicyclic) bond motifs is 2. The van der Waals surface area contributed by atoms with Crippen LogP contribution in [0.2, 0.25) is 10.0 Å². The van der Waals surface area contributed by atoms with Gasteiger partial charge in [0.2, 0.25) is 0 Å². The van der Waals surface area contributed by atoms with E-state index in [0.717, 1.165) is 11.3 Å². The molecule has 1 amide bonds. The fourth-order valence-electron chi connectivity index (χ4n) is 5.36. The van der Waals surface area contributed by atoms with Crippen molar-refractivity contribution in [1.29, 1.82) is 0 Å². The Kier molecular flexibility index (Phi) is 5.39. The number of rotatable bonds is 3. The van der Waals surface area contributed by atoms with Crippen LogP contribution < -0.4 is 15.6 Å². The smallest absolute Gasteiger partial charge is 0.254 e. The Morgan fingerprint density at radius 3 is 2.47 bits per heavy atom. The van der Waals surface area contributed by atoms with Gasteiger partial charge in [-0.15, -0.1) is 0 Å². The second kappa shape index (κ2) is 8.50. The average molecular weight is 520 g/mol. The second-order valence-corrected chi connectivity index (χ2v) is 9.80. The standard InChI is InChI=1S/C28H20Cl2FN3O2/c1-15-23(27(36)32-18-5-3-2-4-6-18)24(16-7-9-17(29)10-8-16)25-26(35)19-13-21(31)20(30)14-22(19)34-12-11-33(15)28(25)34/h2-10,13-14,24H,11-12H2,1H3,(H,32,36). The van der Waals surface area contributed by atoms with E-state index in [-0.39, 0.29) is 21.7 Å². The molecule has 36 heavy (non-hydrogen) atoms. The number of anilines is 2. The minimum absolute atomic E-state index is 0.0377. The van der Waals surface area contributed by atoms with Crippen molar-refractivity contribution >= 4 is 51.5 Å². The van der Waals surface area contributed by atoms with Gasteiger partial charge in [0, 0.05) is 46.4 Å². The number of halogens is 3. The Morgan fingerprint density at radius 1 is 1.03 bits per heavy atom. The van der Waals surface area contributed by atoms with Crippen LogP contribution >= 0.6 is 23.2 Å². The highest BCUT2D eigenvalue weighted by Crippen LogP contribution is 2.47. The SMILES string of the molecule is CC1=C(C(=O)Nc2ccccc2)C(c2ccc(Cl)cc2)c2c3n(c4cc(Cl)c(F)cc4c2=O)CCN13. The number of para-hydroxylation sites is 1. The Labute approximate surface area is 216 Å². The van der Waals surface area contributed by atoms with E-state index in [9.17, 15) is 14.0 Å². The van der Waals surface area contributed by atoms with Gasteiger partial charge in [-0.2, -0.15) is 0 Å². The molecule has 0 saturated carbocycles. The van der Waals surface area contributed by atoms with E-state index in [1.165, 1.54) is 12.1 Å². The summed E-state index contributed by atoms with van der Waals surface area (Å²) in [5.41, 5.74) is 3.31. The summed E-state index contributed by atoms with van der Waals surface area (Å²) in [5.74, 6) is -0.915. The van der Waals surface area contributed by atoms with Gasteiger partial charge in [-0.25, -0.2) is 4.39 Å². The summed E-state index contributed by atoms with van der Waals surface area (Å²) in [5, 5.41) is 3.73. The second-order valence-electron chi connectivity index (χ2n) is 8.96. The van der Waals surface area contributed by atoms with Crippen LogP contribution in [-0.2, 0) is 11.3 Å². The molecule has 8 heteroatoms. The van der Waals surface area contributed by atoms with Crippen LogP contribution in [0.25, 0.3) is 10.9 Å². The molecule has 0 aliphatic carbocycles. The number of nitrogens with zero attached hydrogens (tertiary/aromatic N) is 2. The maximum Gasteiger partial charge on any atom is 0.254 e. The normalized spacial score (nSPS) is 16.4. The van der Waals surface area contributed by atoms with Gasteiger partial charge in [-0.05, 0) is 48.9 Å².